The highest BCUT2D eigenvalue weighted by atomic mass is 16.3. The maximum Gasteiger partial charge on any atom is 0.265 e. The zero-order valence-electron chi connectivity index (χ0n) is 8.40. The van der Waals surface area contributed by atoms with Gasteiger partial charge in [-0.1, -0.05) is 0 Å². The third-order valence-electron chi connectivity index (χ3n) is 2.43. The zero-order valence-corrected chi connectivity index (χ0v) is 8.40. The van der Waals surface area contributed by atoms with Crippen molar-refractivity contribution in [3.63, 3.8) is 0 Å². The monoisotopic (exact) mass is 205 g/mol. The van der Waals surface area contributed by atoms with Gasteiger partial charge in [0, 0.05) is 13.1 Å². The van der Waals surface area contributed by atoms with Crippen molar-refractivity contribution in [1.29, 1.82) is 0 Å². The van der Waals surface area contributed by atoms with Crippen LogP contribution in [-0.4, -0.2) is 26.3 Å². The molecule has 78 valence electrons. The van der Waals surface area contributed by atoms with Crippen LogP contribution in [0.1, 0.15) is 11.5 Å². The maximum absolute atomic E-state index is 5.32. The number of aryl methyl sites for hydroxylation is 1. The van der Waals surface area contributed by atoms with Gasteiger partial charge < -0.3 is 14.3 Å². The molecule has 0 saturated carbocycles. The number of aromatic nitrogens is 4. The number of hydrogen-bond donors (Lipinski definition) is 1. The third kappa shape index (κ3) is 1.33. The second-order valence-corrected chi connectivity index (χ2v) is 3.56. The van der Waals surface area contributed by atoms with E-state index in [-0.39, 0.29) is 0 Å². The Bertz CT molecular complexity index is 486. The van der Waals surface area contributed by atoms with E-state index >= 15 is 0 Å². The molecule has 0 fully saturated rings. The number of oxazole rings is 1. The van der Waals surface area contributed by atoms with E-state index in [0.29, 0.717) is 5.89 Å². The summed E-state index contributed by atoms with van der Waals surface area (Å²) in [5, 5.41) is 11.4. The van der Waals surface area contributed by atoms with Gasteiger partial charge in [0.25, 0.3) is 5.89 Å². The first kappa shape index (κ1) is 8.60. The molecule has 0 aliphatic carbocycles. The standard InChI is InChI=1S/C9H11N5O/c1-6-5-15-9(11-6)8-13-12-7-4-10-2-3-14(7)8/h5,10H,2-4H2,1H3. The van der Waals surface area contributed by atoms with Crippen molar-refractivity contribution in [2.75, 3.05) is 6.54 Å². The lowest BCUT2D eigenvalue weighted by Crippen LogP contribution is -2.28. The van der Waals surface area contributed by atoms with Crippen molar-refractivity contribution in [3.8, 4) is 11.7 Å². The summed E-state index contributed by atoms with van der Waals surface area (Å²) in [4.78, 5) is 4.25. The van der Waals surface area contributed by atoms with E-state index in [1.165, 1.54) is 0 Å². The second-order valence-electron chi connectivity index (χ2n) is 3.56. The maximum atomic E-state index is 5.32. The number of hydrogen-bond acceptors (Lipinski definition) is 5. The van der Waals surface area contributed by atoms with Crippen molar-refractivity contribution < 1.29 is 4.42 Å². The Morgan fingerprint density at radius 3 is 3.20 bits per heavy atom. The Labute approximate surface area is 86.3 Å². The number of nitrogens with zero attached hydrogens (tertiary/aromatic N) is 4. The average molecular weight is 205 g/mol. The van der Waals surface area contributed by atoms with Crippen LogP contribution in [0, 0.1) is 6.92 Å². The molecule has 2 aromatic heterocycles. The van der Waals surface area contributed by atoms with Gasteiger partial charge in [0.15, 0.2) is 0 Å². The van der Waals surface area contributed by atoms with Crippen LogP contribution in [0.4, 0.5) is 0 Å². The summed E-state index contributed by atoms with van der Waals surface area (Å²) in [5.41, 5.74) is 0.858. The Hall–Kier alpha value is -1.69. The summed E-state index contributed by atoms with van der Waals surface area (Å²) in [6, 6.07) is 0. The fourth-order valence-electron chi connectivity index (χ4n) is 1.71. The molecule has 15 heavy (non-hydrogen) atoms. The van der Waals surface area contributed by atoms with Gasteiger partial charge in [-0.3, -0.25) is 0 Å². The molecule has 0 atom stereocenters. The number of rotatable bonds is 1. The van der Waals surface area contributed by atoms with E-state index in [2.05, 4.69) is 20.5 Å². The third-order valence-corrected chi connectivity index (χ3v) is 2.43. The summed E-state index contributed by atoms with van der Waals surface area (Å²) in [6.07, 6.45) is 1.62. The molecule has 6 heteroatoms. The molecule has 1 N–H and O–H groups in total. The van der Waals surface area contributed by atoms with Crippen LogP contribution in [-0.2, 0) is 13.1 Å². The minimum absolute atomic E-state index is 0.549. The molecule has 3 heterocycles. The molecular weight excluding hydrogens is 194 g/mol. The highest BCUT2D eigenvalue weighted by molar-refractivity contribution is 5.41. The van der Waals surface area contributed by atoms with E-state index in [9.17, 15) is 0 Å². The van der Waals surface area contributed by atoms with Gasteiger partial charge in [-0.05, 0) is 6.92 Å². The first-order valence-corrected chi connectivity index (χ1v) is 4.90. The van der Waals surface area contributed by atoms with Gasteiger partial charge in [-0.15, -0.1) is 10.2 Å². The Kier molecular flexibility index (Phi) is 1.81. The van der Waals surface area contributed by atoms with E-state index in [0.717, 1.165) is 37.0 Å². The minimum atomic E-state index is 0.549. The molecule has 0 bridgehead atoms. The highest BCUT2D eigenvalue weighted by Gasteiger charge is 2.19. The molecular formula is C9H11N5O. The summed E-state index contributed by atoms with van der Waals surface area (Å²) < 4.78 is 7.36. The first-order chi connectivity index (χ1) is 7.34. The SMILES string of the molecule is Cc1coc(-c2nnc3n2CCNC3)n1. The highest BCUT2D eigenvalue weighted by Crippen LogP contribution is 2.18. The van der Waals surface area contributed by atoms with Gasteiger partial charge in [-0.25, -0.2) is 4.98 Å². The fraction of sp³-hybridized carbons (Fsp3) is 0.444. The molecule has 0 saturated heterocycles. The molecule has 2 aromatic rings. The molecule has 6 nitrogen and oxygen atoms in total. The lowest BCUT2D eigenvalue weighted by Gasteiger charge is -2.14. The zero-order chi connectivity index (χ0) is 10.3. The van der Waals surface area contributed by atoms with Crippen LogP contribution < -0.4 is 5.32 Å². The van der Waals surface area contributed by atoms with Crippen LogP contribution in [0.25, 0.3) is 11.7 Å². The molecule has 3 rings (SSSR count). The van der Waals surface area contributed by atoms with Crippen LogP contribution in [0.15, 0.2) is 10.7 Å². The van der Waals surface area contributed by atoms with Gasteiger partial charge >= 0.3 is 0 Å². The fourth-order valence-corrected chi connectivity index (χ4v) is 1.71. The summed E-state index contributed by atoms with van der Waals surface area (Å²) in [6.45, 7) is 4.44. The van der Waals surface area contributed by atoms with E-state index in [4.69, 9.17) is 4.42 Å². The molecule has 1 aliphatic rings. The van der Waals surface area contributed by atoms with E-state index in [1.54, 1.807) is 6.26 Å². The topological polar surface area (TPSA) is 68.8 Å². The number of nitrogens with one attached hydrogen (secondary N) is 1. The van der Waals surface area contributed by atoms with E-state index in [1.807, 2.05) is 11.5 Å². The summed E-state index contributed by atoms with van der Waals surface area (Å²) in [7, 11) is 0. The lowest BCUT2D eigenvalue weighted by atomic mass is 10.4. The van der Waals surface area contributed by atoms with Crippen molar-refractivity contribution in [3.05, 3.63) is 17.8 Å². The van der Waals surface area contributed by atoms with Gasteiger partial charge in [0.05, 0.1) is 12.2 Å². The van der Waals surface area contributed by atoms with Gasteiger partial charge in [-0.2, -0.15) is 0 Å². The molecule has 1 aliphatic heterocycles. The Balaban J connectivity index is 2.08. The van der Waals surface area contributed by atoms with Crippen LogP contribution in [0.5, 0.6) is 0 Å². The van der Waals surface area contributed by atoms with Gasteiger partial charge in [0.2, 0.25) is 5.82 Å². The quantitative estimate of drug-likeness (QED) is 0.727. The van der Waals surface area contributed by atoms with Crippen molar-refractivity contribution in [2.45, 2.75) is 20.0 Å². The molecule has 0 unspecified atom stereocenters. The predicted molar refractivity (Wildman–Crippen MR) is 52.0 cm³/mol. The largest absolute Gasteiger partial charge is 0.442 e. The smallest absolute Gasteiger partial charge is 0.265 e. The van der Waals surface area contributed by atoms with Crippen LogP contribution in [0.2, 0.25) is 0 Å². The first-order valence-electron chi connectivity index (χ1n) is 4.90. The van der Waals surface area contributed by atoms with E-state index < -0.39 is 0 Å². The van der Waals surface area contributed by atoms with Crippen LogP contribution >= 0.6 is 0 Å². The average Bonchev–Trinajstić information content (AvgIpc) is 2.83. The normalized spacial score (nSPS) is 15.3. The minimum Gasteiger partial charge on any atom is -0.442 e. The molecule has 0 radical (unpaired) electrons. The molecule has 0 amide bonds. The second kappa shape index (κ2) is 3.16. The van der Waals surface area contributed by atoms with Crippen LogP contribution in [0.3, 0.4) is 0 Å². The van der Waals surface area contributed by atoms with Crippen molar-refractivity contribution in [1.82, 2.24) is 25.1 Å². The summed E-state index contributed by atoms with van der Waals surface area (Å²) >= 11 is 0. The number of fused-ring (bicyclic) bond motifs is 1. The molecule has 0 aromatic carbocycles. The lowest BCUT2D eigenvalue weighted by molar-refractivity contribution is 0.498. The van der Waals surface area contributed by atoms with Gasteiger partial charge in [0.1, 0.15) is 12.1 Å². The Morgan fingerprint density at radius 2 is 2.40 bits per heavy atom. The molecule has 0 spiro atoms. The Morgan fingerprint density at radius 1 is 1.47 bits per heavy atom. The predicted octanol–water partition coefficient (Wildman–Crippen LogP) is 0.345. The summed E-state index contributed by atoms with van der Waals surface area (Å²) in [5.74, 6) is 2.21. The van der Waals surface area contributed by atoms with Crippen molar-refractivity contribution >= 4 is 0 Å². The van der Waals surface area contributed by atoms with Crippen molar-refractivity contribution in [2.24, 2.45) is 0 Å².